The lowest BCUT2D eigenvalue weighted by Gasteiger charge is -2.09. The zero-order valence-corrected chi connectivity index (χ0v) is 10.5. The number of aliphatic carboxylic acids is 1. The van der Waals surface area contributed by atoms with Crippen molar-refractivity contribution >= 4 is 21.5 Å². The summed E-state index contributed by atoms with van der Waals surface area (Å²) < 4.78 is 22.4. The van der Waals surface area contributed by atoms with Crippen molar-refractivity contribution in [2.45, 2.75) is 11.8 Å². The van der Waals surface area contributed by atoms with Crippen LogP contribution in [0.15, 0.2) is 29.2 Å². The van der Waals surface area contributed by atoms with Crippen LogP contribution in [0.4, 0.5) is 5.69 Å². The smallest absolute Gasteiger partial charge is 0.308 e. The number of nitrogens with one attached hydrogen (secondary N) is 1. The summed E-state index contributed by atoms with van der Waals surface area (Å²) in [5.41, 5.74) is 0.700. The molecule has 0 bridgehead atoms. The lowest BCUT2D eigenvalue weighted by atomic mass is 10.2. The number of carbonyl (C=O) groups is 1. The molecule has 0 aliphatic carbocycles. The van der Waals surface area contributed by atoms with E-state index in [9.17, 15) is 13.2 Å². The molecule has 0 saturated carbocycles. The van der Waals surface area contributed by atoms with Crippen molar-refractivity contribution in [3.63, 3.8) is 0 Å². The van der Waals surface area contributed by atoms with Crippen molar-refractivity contribution in [1.82, 2.24) is 0 Å². The lowest BCUT2D eigenvalue weighted by Crippen LogP contribution is -2.19. The first-order valence-corrected chi connectivity index (χ1v) is 6.96. The van der Waals surface area contributed by atoms with E-state index >= 15 is 0 Å². The molecule has 0 saturated heterocycles. The van der Waals surface area contributed by atoms with Gasteiger partial charge in [0.2, 0.25) is 0 Å². The largest absolute Gasteiger partial charge is 0.481 e. The normalized spacial score (nSPS) is 13.1. The summed E-state index contributed by atoms with van der Waals surface area (Å²) in [6.07, 6.45) is 1.14. The summed E-state index contributed by atoms with van der Waals surface area (Å²) in [5, 5.41) is 11.6. The summed E-state index contributed by atoms with van der Waals surface area (Å²) in [6.45, 7) is 1.90. The molecule has 1 atom stereocenters. The molecule has 0 spiro atoms. The number of carboxylic acids is 1. The van der Waals surface area contributed by atoms with Crippen molar-refractivity contribution in [1.29, 1.82) is 0 Å². The first-order valence-electron chi connectivity index (χ1n) is 5.07. The first kappa shape index (κ1) is 13.5. The van der Waals surface area contributed by atoms with Gasteiger partial charge in [0.25, 0.3) is 0 Å². The fourth-order valence-electron chi connectivity index (χ4n) is 1.18. The van der Waals surface area contributed by atoms with Crippen LogP contribution in [0.25, 0.3) is 0 Å². The number of carboxylic acid groups (broad SMARTS) is 1. The van der Waals surface area contributed by atoms with Crippen LogP contribution >= 0.6 is 0 Å². The van der Waals surface area contributed by atoms with Crippen molar-refractivity contribution in [3.8, 4) is 0 Å². The van der Waals surface area contributed by atoms with Gasteiger partial charge >= 0.3 is 5.97 Å². The Morgan fingerprint density at radius 1 is 1.35 bits per heavy atom. The number of sulfone groups is 1. The highest BCUT2D eigenvalue weighted by molar-refractivity contribution is 7.90. The maximum absolute atomic E-state index is 11.2. The highest BCUT2D eigenvalue weighted by atomic mass is 32.2. The third-order valence-corrected chi connectivity index (χ3v) is 3.44. The predicted molar refractivity (Wildman–Crippen MR) is 64.8 cm³/mol. The molecule has 1 aromatic rings. The van der Waals surface area contributed by atoms with Crippen molar-refractivity contribution < 1.29 is 18.3 Å². The van der Waals surface area contributed by atoms with Gasteiger partial charge in [-0.1, -0.05) is 6.92 Å². The Balaban J connectivity index is 2.67. The van der Waals surface area contributed by atoms with Gasteiger partial charge in [0.05, 0.1) is 10.8 Å². The Morgan fingerprint density at radius 2 is 1.88 bits per heavy atom. The van der Waals surface area contributed by atoms with Gasteiger partial charge in [-0.3, -0.25) is 4.79 Å². The number of hydrogen-bond acceptors (Lipinski definition) is 4. The Hall–Kier alpha value is -1.56. The van der Waals surface area contributed by atoms with Gasteiger partial charge in [-0.2, -0.15) is 0 Å². The maximum Gasteiger partial charge on any atom is 0.308 e. The van der Waals surface area contributed by atoms with E-state index in [0.29, 0.717) is 12.2 Å². The summed E-state index contributed by atoms with van der Waals surface area (Å²) in [4.78, 5) is 10.8. The molecule has 0 fully saturated rings. The van der Waals surface area contributed by atoms with Crippen LogP contribution in [0.1, 0.15) is 6.92 Å². The molecule has 1 unspecified atom stereocenters. The molecule has 0 radical (unpaired) electrons. The molecular formula is C11H15NO4S. The van der Waals surface area contributed by atoms with E-state index < -0.39 is 21.7 Å². The summed E-state index contributed by atoms with van der Waals surface area (Å²) in [7, 11) is -3.19. The number of rotatable bonds is 5. The summed E-state index contributed by atoms with van der Waals surface area (Å²) >= 11 is 0. The van der Waals surface area contributed by atoms with E-state index in [4.69, 9.17) is 5.11 Å². The Bertz CT molecular complexity index is 493. The van der Waals surface area contributed by atoms with Gasteiger partial charge in [0, 0.05) is 18.5 Å². The zero-order chi connectivity index (χ0) is 13.1. The second-order valence-electron chi connectivity index (χ2n) is 3.92. The Kier molecular flexibility index (Phi) is 4.11. The highest BCUT2D eigenvalue weighted by Gasteiger charge is 2.10. The van der Waals surface area contributed by atoms with E-state index in [1.165, 1.54) is 12.1 Å². The van der Waals surface area contributed by atoms with Crippen LogP contribution in [-0.2, 0) is 14.6 Å². The van der Waals surface area contributed by atoms with Crippen LogP contribution in [0.2, 0.25) is 0 Å². The summed E-state index contributed by atoms with van der Waals surface area (Å²) in [6, 6.07) is 6.21. The van der Waals surface area contributed by atoms with E-state index in [1.807, 2.05) is 0 Å². The average Bonchev–Trinajstić information content (AvgIpc) is 2.25. The fraction of sp³-hybridized carbons (Fsp3) is 0.364. The van der Waals surface area contributed by atoms with Crippen molar-refractivity contribution in [2.75, 3.05) is 18.1 Å². The molecule has 0 aromatic heterocycles. The molecule has 17 heavy (non-hydrogen) atoms. The number of hydrogen-bond donors (Lipinski definition) is 2. The van der Waals surface area contributed by atoms with Gasteiger partial charge in [-0.15, -0.1) is 0 Å². The minimum atomic E-state index is -3.19. The van der Waals surface area contributed by atoms with E-state index in [1.54, 1.807) is 19.1 Å². The van der Waals surface area contributed by atoms with Gasteiger partial charge < -0.3 is 10.4 Å². The van der Waals surface area contributed by atoms with Crippen LogP contribution < -0.4 is 5.32 Å². The van der Waals surface area contributed by atoms with Crippen molar-refractivity contribution in [3.05, 3.63) is 24.3 Å². The van der Waals surface area contributed by atoms with Crippen LogP contribution in [0.3, 0.4) is 0 Å². The third-order valence-electron chi connectivity index (χ3n) is 2.32. The lowest BCUT2D eigenvalue weighted by molar-refractivity contribution is -0.140. The molecule has 6 heteroatoms. The molecule has 0 aliphatic rings. The van der Waals surface area contributed by atoms with Gasteiger partial charge in [0.1, 0.15) is 0 Å². The second-order valence-corrected chi connectivity index (χ2v) is 5.93. The van der Waals surface area contributed by atoms with Crippen LogP contribution in [0.5, 0.6) is 0 Å². The topological polar surface area (TPSA) is 83.5 Å². The first-order chi connectivity index (χ1) is 7.80. The van der Waals surface area contributed by atoms with E-state index in [0.717, 1.165) is 6.26 Å². The Morgan fingerprint density at radius 3 is 2.29 bits per heavy atom. The van der Waals surface area contributed by atoms with E-state index in [-0.39, 0.29) is 4.90 Å². The fourth-order valence-corrected chi connectivity index (χ4v) is 1.81. The number of anilines is 1. The molecule has 1 aromatic carbocycles. The standard InChI is InChI=1S/C11H15NO4S/c1-8(11(13)14)7-12-9-3-5-10(6-4-9)17(2,15)16/h3-6,8,12H,7H2,1-2H3,(H,13,14). The third kappa shape index (κ3) is 4.07. The van der Waals surface area contributed by atoms with Gasteiger partial charge in [-0.05, 0) is 24.3 Å². The minimum absolute atomic E-state index is 0.245. The van der Waals surface area contributed by atoms with Crippen molar-refractivity contribution in [2.24, 2.45) is 5.92 Å². The summed E-state index contributed by atoms with van der Waals surface area (Å²) in [5.74, 6) is -1.37. The molecule has 0 heterocycles. The second kappa shape index (κ2) is 5.18. The molecule has 94 valence electrons. The molecule has 2 N–H and O–H groups in total. The van der Waals surface area contributed by atoms with Gasteiger partial charge in [0.15, 0.2) is 9.84 Å². The number of benzene rings is 1. The molecule has 0 amide bonds. The monoisotopic (exact) mass is 257 g/mol. The maximum atomic E-state index is 11.2. The van der Waals surface area contributed by atoms with E-state index in [2.05, 4.69) is 5.32 Å². The molecular weight excluding hydrogens is 242 g/mol. The SMILES string of the molecule is CC(CNc1ccc(S(C)(=O)=O)cc1)C(=O)O. The molecule has 0 aliphatic heterocycles. The Labute approximate surface area is 100 Å². The highest BCUT2D eigenvalue weighted by Crippen LogP contribution is 2.14. The van der Waals surface area contributed by atoms with Crippen LogP contribution in [-0.4, -0.2) is 32.3 Å². The quantitative estimate of drug-likeness (QED) is 0.828. The van der Waals surface area contributed by atoms with Gasteiger partial charge in [-0.25, -0.2) is 8.42 Å². The zero-order valence-electron chi connectivity index (χ0n) is 9.67. The minimum Gasteiger partial charge on any atom is -0.481 e. The predicted octanol–water partition coefficient (Wildman–Crippen LogP) is 1.22. The molecule has 1 rings (SSSR count). The average molecular weight is 257 g/mol. The van der Waals surface area contributed by atoms with Crippen LogP contribution in [0, 0.1) is 5.92 Å². The molecule has 5 nitrogen and oxygen atoms in total.